The number of aromatic nitrogens is 2. The van der Waals surface area contributed by atoms with Crippen molar-refractivity contribution in [3.63, 3.8) is 0 Å². The molecule has 0 radical (unpaired) electrons. The Morgan fingerprint density at radius 3 is 3.00 bits per heavy atom. The summed E-state index contributed by atoms with van der Waals surface area (Å²) in [7, 11) is 0. The minimum Gasteiger partial charge on any atom is -0.491 e. The number of hydrogen-bond acceptors (Lipinski definition) is 5. The summed E-state index contributed by atoms with van der Waals surface area (Å²) in [6, 6.07) is 9.82. The van der Waals surface area contributed by atoms with E-state index in [0.717, 1.165) is 33.2 Å². The molecule has 1 N–H and O–H groups in total. The number of carbonyl (C=O) groups excluding carboxylic acids is 1. The maximum atomic E-state index is 11.1. The largest absolute Gasteiger partial charge is 0.491 e. The van der Waals surface area contributed by atoms with Crippen LogP contribution in [0.1, 0.15) is 12.5 Å². The lowest BCUT2D eigenvalue weighted by molar-refractivity contribution is -0.114. The molecule has 3 aromatic rings. The summed E-state index contributed by atoms with van der Waals surface area (Å²) < 4.78 is 5.78. The molecule has 0 fully saturated rings. The fraction of sp³-hybridized carbons (Fsp3) is 0.167. The van der Waals surface area contributed by atoms with Gasteiger partial charge in [-0.3, -0.25) is 9.78 Å². The van der Waals surface area contributed by atoms with E-state index in [0.29, 0.717) is 12.4 Å². The average Bonchev–Trinajstić information content (AvgIpc) is 2.92. The van der Waals surface area contributed by atoms with Gasteiger partial charge in [-0.2, -0.15) is 0 Å². The van der Waals surface area contributed by atoms with Gasteiger partial charge in [-0.1, -0.05) is 0 Å². The number of nitrogens with zero attached hydrogens (tertiary/aromatic N) is 2. The topological polar surface area (TPSA) is 64.1 Å². The monoisotopic (exact) mass is 337 g/mol. The summed E-state index contributed by atoms with van der Waals surface area (Å²) in [6.07, 6.45) is 4.44. The quantitative estimate of drug-likeness (QED) is 0.773. The van der Waals surface area contributed by atoms with Gasteiger partial charge >= 0.3 is 0 Å². The minimum atomic E-state index is -0.124. The molecule has 1 aliphatic heterocycles. The van der Waals surface area contributed by atoms with Gasteiger partial charge in [0.1, 0.15) is 17.3 Å². The molecule has 0 unspecified atom stereocenters. The van der Waals surface area contributed by atoms with E-state index in [9.17, 15) is 4.79 Å². The fourth-order valence-electron chi connectivity index (χ4n) is 2.70. The molecule has 0 aliphatic carbocycles. The number of nitrogens with one attached hydrogen (secondary N) is 1. The molecule has 0 saturated heterocycles. The van der Waals surface area contributed by atoms with Crippen LogP contribution in [0, 0.1) is 0 Å². The van der Waals surface area contributed by atoms with Gasteiger partial charge in [0, 0.05) is 36.2 Å². The zero-order valence-electron chi connectivity index (χ0n) is 13.1. The van der Waals surface area contributed by atoms with Crippen molar-refractivity contribution in [3.05, 3.63) is 48.3 Å². The van der Waals surface area contributed by atoms with Crippen molar-refractivity contribution >= 4 is 23.1 Å². The molecular weight excluding hydrogens is 322 g/mol. The summed E-state index contributed by atoms with van der Waals surface area (Å²) in [6.45, 7) is 2.12. The molecule has 1 aliphatic rings. The number of pyridine rings is 2. The van der Waals surface area contributed by atoms with Crippen LogP contribution in [-0.2, 0) is 11.2 Å². The number of rotatable bonds is 2. The van der Waals surface area contributed by atoms with Gasteiger partial charge in [0.25, 0.3) is 0 Å². The highest BCUT2D eigenvalue weighted by molar-refractivity contribution is 7.19. The molecule has 4 rings (SSSR count). The van der Waals surface area contributed by atoms with E-state index < -0.39 is 0 Å². The van der Waals surface area contributed by atoms with Crippen LogP contribution in [0.3, 0.4) is 0 Å². The molecule has 0 bridgehead atoms. The predicted octanol–water partition coefficient (Wildman–Crippen LogP) is 3.77. The molecule has 3 aromatic heterocycles. The molecule has 6 heteroatoms. The smallest absolute Gasteiger partial charge is 0.222 e. The molecule has 4 heterocycles. The molecule has 1 amide bonds. The maximum Gasteiger partial charge on any atom is 0.222 e. The Balaban J connectivity index is 1.72. The van der Waals surface area contributed by atoms with Crippen molar-refractivity contribution in [3.8, 4) is 26.8 Å². The predicted molar refractivity (Wildman–Crippen MR) is 94.3 cm³/mol. The van der Waals surface area contributed by atoms with Crippen molar-refractivity contribution in [1.82, 2.24) is 9.97 Å². The lowest BCUT2D eigenvalue weighted by Crippen LogP contribution is -2.06. The molecule has 0 saturated carbocycles. The van der Waals surface area contributed by atoms with Crippen molar-refractivity contribution in [2.45, 2.75) is 13.3 Å². The highest BCUT2D eigenvalue weighted by Crippen LogP contribution is 2.42. The van der Waals surface area contributed by atoms with E-state index in [2.05, 4.69) is 21.4 Å². The lowest BCUT2D eigenvalue weighted by Gasteiger charge is -2.05. The van der Waals surface area contributed by atoms with Gasteiger partial charge in [0.15, 0.2) is 0 Å². The number of ether oxygens (including phenoxy) is 1. The van der Waals surface area contributed by atoms with Crippen LogP contribution < -0.4 is 10.1 Å². The van der Waals surface area contributed by atoms with Gasteiger partial charge in [-0.15, -0.1) is 11.3 Å². The first-order chi connectivity index (χ1) is 11.7. The number of anilines is 1. The van der Waals surface area contributed by atoms with Crippen molar-refractivity contribution < 1.29 is 9.53 Å². The average molecular weight is 337 g/mol. The first kappa shape index (κ1) is 14.8. The second-order valence-electron chi connectivity index (χ2n) is 5.53. The first-order valence-electron chi connectivity index (χ1n) is 7.65. The van der Waals surface area contributed by atoms with Gasteiger partial charge in [-0.25, -0.2) is 4.98 Å². The second-order valence-corrected chi connectivity index (χ2v) is 6.58. The molecule has 5 nitrogen and oxygen atoms in total. The second kappa shape index (κ2) is 6.05. The summed E-state index contributed by atoms with van der Waals surface area (Å²) in [5.41, 5.74) is 3.18. The third-order valence-electron chi connectivity index (χ3n) is 3.78. The zero-order valence-corrected chi connectivity index (χ0v) is 13.9. The Kier molecular flexibility index (Phi) is 3.74. The van der Waals surface area contributed by atoms with Gasteiger partial charge in [0.2, 0.25) is 5.91 Å². The number of carbonyl (C=O) groups is 1. The molecule has 0 atom stereocenters. The van der Waals surface area contributed by atoms with Gasteiger partial charge in [0.05, 0.1) is 11.5 Å². The third-order valence-corrected chi connectivity index (χ3v) is 5.01. The van der Waals surface area contributed by atoms with E-state index >= 15 is 0 Å². The Hall–Kier alpha value is -2.73. The third kappa shape index (κ3) is 2.76. The molecule has 0 spiro atoms. The van der Waals surface area contributed by atoms with E-state index in [-0.39, 0.29) is 5.91 Å². The number of thiophene rings is 1. The Morgan fingerprint density at radius 1 is 1.29 bits per heavy atom. The van der Waals surface area contributed by atoms with Gasteiger partial charge < -0.3 is 10.1 Å². The van der Waals surface area contributed by atoms with Crippen LogP contribution in [0.5, 0.6) is 5.75 Å². The Bertz CT molecular complexity index is 903. The van der Waals surface area contributed by atoms with Crippen LogP contribution >= 0.6 is 11.3 Å². The molecule has 0 aromatic carbocycles. The summed E-state index contributed by atoms with van der Waals surface area (Å²) in [4.78, 5) is 22.2. The van der Waals surface area contributed by atoms with Crippen LogP contribution in [0.4, 0.5) is 5.82 Å². The fourth-order valence-corrected chi connectivity index (χ4v) is 3.90. The van der Waals surface area contributed by atoms with Crippen molar-refractivity contribution in [2.24, 2.45) is 0 Å². The van der Waals surface area contributed by atoms with Crippen LogP contribution in [-0.4, -0.2) is 22.5 Å². The Labute approximate surface area is 143 Å². The molecule has 24 heavy (non-hydrogen) atoms. The zero-order chi connectivity index (χ0) is 16.5. The van der Waals surface area contributed by atoms with E-state index in [1.807, 2.05) is 24.3 Å². The normalized spacial score (nSPS) is 12.5. The summed E-state index contributed by atoms with van der Waals surface area (Å²) in [5.74, 6) is 1.27. The standard InChI is InChI=1S/C18H15N3O2S/c1-11(22)21-16-5-4-13(10-20-16)15-9-12-6-8-23-14-3-2-7-19-17(14)18(12)24-15/h2-5,7,9-10H,6,8H2,1H3,(H,20,21,22). The highest BCUT2D eigenvalue weighted by atomic mass is 32.1. The van der Waals surface area contributed by atoms with E-state index in [1.54, 1.807) is 23.7 Å². The van der Waals surface area contributed by atoms with Crippen molar-refractivity contribution in [2.75, 3.05) is 11.9 Å². The van der Waals surface area contributed by atoms with E-state index in [4.69, 9.17) is 4.74 Å². The summed E-state index contributed by atoms with van der Waals surface area (Å²) >= 11 is 1.69. The maximum absolute atomic E-state index is 11.1. The Morgan fingerprint density at radius 2 is 2.21 bits per heavy atom. The molecule has 120 valence electrons. The van der Waals surface area contributed by atoms with E-state index in [1.165, 1.54) is 12.5 Å². The van der Waals surface area contributed by atoms with Crippen LogP contribution in [0.15, 0.2) is 42.7 Å². The first-order valence-corrected chi connectivity index (χ1v) is 8.47. The minimum absolute atomic E-state index is 0.124. The lowest BCUT2D eigenvalue weighted by atomic mass is 10.1. The number of hydrogen-bond donors (Lipinski definition) is 1. The number of amides is 1. The van der Waals surface area contributed by atoms with Crippen LogP contribution in [0.25, 0.3) is 21.0 Å². The molecular formula is C18H15N3O2S. The van der Waals surface area contributed by atoms with Crippen molar-refractivity contribution in [1.29, 1.82) is 0 Å². The van der Waals surface area contributed by atoms with Crippen LogP contribution in [0.2, 0.25) is 0 Å². The highest BCUT2D eigenvalue weighted by Gasteiger charge is 2.20. The summed E-state index contributed by atoms with van der Waals surface area (Å²) in [5, 5.41) is 2.68. The van der Waals surface area contributed by atoms with Gasteiger partial charge in [-0.05, 0) is 35.9 Å². The number of fused-ring (bicyclic) bond motifs is 3. The SMILES string of the molecule is CC(=O)Nc1ccc(-c2cc3c(s2)-c2ncccc2OCC3)cn1.